The third-order valence-corrected chi connectivity index (χ3v) is 1.53. The van der Waals surface area contributed by atoms with Gasteiger partial charge in [-0.2, -0.15) is 0 Å². The Morgan fingerprint density at radius 1 is 1.62 bits per heavy atom. The Bertz CT molecular complexity index is 347. The van der Waals surface area contributed by atoms with Gasteiger partial charge in [0.1, 0.15) is 5.69 Å². The molecule has 1 N–H and O–H groups in total. The minimum absolute atomic E-state index is 0.391. The summed E-state index contributed by atoms with van der Waals surface area (Å²) in [5.41, 5.74) is 1.32. The van der Waals surface area contributed by atoms with Gasteiger partial charge in [0.25, 0.3) is 0 Å². The highest BCUT2D eigenvalue weighted by Crippen LogP contribution is 2.26. The topological polar surface area (TPSA) is 54.4 Å². The number of carbonyl (C=O) groups excluding carboxylic acids is 1. The van der Waals surface area contributed by atoms with Crippen LogP contribution in [0.2, 0.25) is 0 Å². The molecule has 4 nitrogen and oxygen atoms in total. The van der Waals surface area contributed by atoms with E-state index in [0.29, 0.717) is 17.9 Å². The van der Waals surface area contributed by atoms with Crippen LogP contribution in [-0.4, -0.2) is 18.1 Å². The molecule has 0 fully saturated rings. The zero-order chi connectivity index (χ0) is 9.68. The number of nitrogens with zero attached hydrogens (tertiary/aromatic N) is 2. The lowest BCUT2D eigenvalue weighted by atomic mass is 10.2. The first-order valence-corrected chi connectivity index (χ1v) is 3.61. The molecule has 0 saturated heterocycles. The molecule has 0 aliphatic carbocycles. The zero-order valence-electron chi connectivity index (χ0n) is 7.03. The number of amides is 1. The van der Waals surface area contributed by atoms with Crippen molar-refractivity contribution in [1.82, 2.24) is 4.98 Å². The van der Waals surface area contributed by atoms with Crippen LogP contribution in [0.3, 0.4) is 0 Å². The number of pyridine rings is 1. The SMILES string of the molecule is C=Cc1ccnc(NC=O)c1N=C. The average Bonchev–Trinajstić information content (AvgIpc) is 2.18. The fraction of sp³-hybridized carbons (Fsp3) is 0. The lowest BCUT2D eigenvalue weighted by Gasteiger charge is -2.04. The van der Waals surface area contributed by atoms with Gasteiger partial charge in [-0.25, -0.2) is 4.98 Å². The van der Waals surface area contributed by atoms with Crippen molar-refractivity contribution in [2.45, 2.75) is 0 Å². The number of aromatic nitrogens is 1. The summed E-state index contributed by atoms with van der Waals surface area (Å²) in [6.07, 6.45) is 3.74. The zero-order valence-corrected chi connectivity index (χ0v) is 7.03. The summed E-state index contributed by atoms with van der Waals surface area (Å²) in [6.45, 7) is 7.00. The van der Waals surface area contributed by atoms with E-state index < -0.39 is 0 Å². The molecule has 0 bridgehead atoms. The maximum Gasteiger partial charge on any atom is 0.212 e. The Balaban J connectivity index is 3.25. The Kier molecular flexibility index (Phi) is 2.92. The highest BCUT2D eigenvalue weighted by atomic mass is 16.1. The molecule has 0 unspecified atom stereocenters. The molecule has 1 rings (SSSR count). The van der Waals surface area contributed by atoms with Crippen molar-refractivity contribution in [3.63, 3.8) is 0 Å². The molecule has 0 aliphatic rings. The number of hydrogen-bond acceptors (Lipinski definition) is 3. The van der Waals surface area contributed by atoms with Crippen molar-refractivity contribution in [1.29, 1.82) is 0 Å². The van der Waals surface area contributed by atoms with Crippen LogP contribution in [0.5, 0.6) is 0 Å². The van der Waals surface area contributed by atoms with Crippen molar-refractivity contribution in [2.24, 2.45) is 4.99 Å². The molecule has 1 aromatic rings. The number of aliphatic imine (C=N–C) groups is 1. The predicted octanol–water partition coefficient (Wildman–Crippen LogP) is 1.62. The maximum atomic E-state index is 10.2. The fourth-order valence-corrected chi connectivity index (χ4v) is 0.961. The van der Waals surface area contributed by atoms with Crippen molar-refractivity contribution in [3.8, 4) is 0 Å². The van der Waals surface area contributed by atoms with Crippen LogP contribution in [0.1, 0.15) is 5.56 Å². The third kappa shape index (κ3) is 1.79. The second kappa shape index (κ2) is 4.15. The van der Waals surface area contributed by atoms with E-state index >= 15 is 0 Å². The van der Waals surface area contributed by atoms with Crippen LogP contribution in [0.4, 0.5) is 11.5 Å². The quantitative estimate of drug-likeness (QED) is 0.558. The molecule has 4 heteroatoms. The largest absolute Gasteiger partial charge is 0.312 e. The van der Waals surface area contributed by atoms with Gasteiger partial charge in [0.2, 0.25) is 6.41 Å². The van der Waals surface area contributed by atoms with Gasteiger partial charge in [0.05, 0.1) is 0 Å². The monoisotopic (exact) mass is 175 g/mol. The standard InChI is InChI=1S/C9H9N3O/c1-3-7-4-5-11-9(12-6-13)8(7)10-2/h3-6H,1-2H2,(H,11,12,13). The van der Waals surface area contributed by atoms with Gasteiger partial charge < -0.3 is 5.32 Å². The molecule has 0 spiro atoms. The summed E-state index contributed by atoms with van der Waals surface area (Å²) in [6, 6.07) is 1.74. The lowest BCUT2D eigenvalue weighted by Crippen LogP contribution is -1.97. The number of hydrogen-bond donors (Lipinski definition) is 1. The summed E-state index contributed by atoms with van der Waals surface area (Å²) >= 11 is 0. The first-order valence-electron chi connectivity index (χ1n) is 3.61. The minimum Gasteiger partial charge on any atom is -0.312 e. The number of anilines is 1. The predicted molar refractivity (Wildman–Crippen MR) is 53.2 cm³/mol. The first-order chi connectivity index (χ1) is 6.33. The minimum atomic E-state index is 0.391. The van der Waals surface area contributed by atoms with E-state index in [2.05, 4.69) is 28.6 Å². The molecule has 13 heavy (non-hydrogen) atoms. The maximum absolute atomic E-state index is 10.2. The normalized spacial score (nSPS) is 8.92. The second-order valence-electron chi connectivity index (χ2n) is 2.22. The van der Waals surface area contributed by atoms with Crippen molar-refractivity contribution < 1.29 is 4.79 Å². The van der Waals surface area contributed by atoms with E-state index in [0.717, 1.165) is 5.56 Å². The summed E-state index contributed by atoms with van der Waals surface area (Å²) in [5, 5.41) is 2.43. The molecule has 0 aromatic carbocycles. The van der Waals surface area contributed by atoms with E-state index in [-0.39, 0.29) is 0 Å². The van der Waals surface area contributed by atoms with Crippen LogP contribution in [0, 0.1) is 0 Å². The van der Waals surface area contributed by atoms with Gasteiger partial charge in [-0.05, 0) is 12.8 Å². The highest BCUT2D eigenvalue weighted by molar-refractivity contribution is 5.82. The molecule has 1 amide bonds. The van der Waals surface area contributed by atoms with E-state index in [1.54, 1.807) is 18.3 Å². The summed E-state index contributed by atoms with van der Waals surface area (Å²) < 4.78 is 0. The molecule has 1 heterocycles. The van der Waals surface area contributed by atoms with E-state index in [4.69, 9.17) is 0 Å². The molecular formula is C9H9N3O. The van der Waals surface area contributed by atoms with Gasteiger partial charge in [0.15, 0.2) is 5.82 Å². The van der Waals surface area contributed by atoms with Crippen LogP contribution in [-0.2, 0) is 4.79 Å². The van der Waals surface area contributed by atoms with Crippen LogP contribution in [0.15, 0.2) is 23.8 Å². The molecule has 1 aromatic heterocycles. The summed E-state index contributed by atoms with van der Waals surface area (Å²) in [4.78, 5) is 17.9. The smallest absolute Gasteiger partial charge is 0.212 e. The average molecular weight is 175 g/mol. The van der Waals surface area contributed by atoms with Crippen LogP contribution >= 0.6 is 0 Å². The van der Waals surface area contributed by atoms with Crippen molar-refractivity contribution in [2.75, 3.05) is 5.32 Å². The molecular weight excluding hydrogens is 166 g/mol. The highest BCUT2D eigenvalue weighted by Gasteiger charge is 2.04. The van der Waals surface area contributed by atoms with Crippen LogP contribution in [0.25, 0.3) is 6.08 Å². The van der Waals surface area contributed by atoms with Gasteiger partial charge in [0, 0.05) is 11.8 Å². The first kappa shape index (κ1) is 9.12. The Hall–Kier alpha value is -1.97. The Labute approximate surface area is 76.0 Å². The molecule has 0 saturated carbocycles. The molecule has 0 radical (unpaired) electrons. The molecule has 0 atom stereocenters. The van der Waals surface area contributed by atoms with E-state index in [1.165, 1.54) is 0 Å². The summed E-state index contributed by atoms with van der Waals surface area (Å²) in [7, 11) is 0. The molecule has 66 valence electrons. The van der Waals surface area contributed by atoms with Gasteiger partial charge in [-0.1, -0.05) is 12.7 Å². The van der Waals surface area contributed by atoms with Crippen molar-refractivity contribution in [3.05, 3.63) is 24.4 Å². The lowest BCUT2D eigenvalue weighted by molar-refractivity contribution is -0.105. The van der Waals surface area contributed by atoms with Gasteiger partial charge >= 0.3 is 0 Å². The van der Waals surface area contributed by atoms with E-state index in [1.807, 2.05) is 0 Å². The number of nitrogens with one attached hydrogen (secondary N) is 1. The van der Waals surface area contributed by atoms with Crippen molar-refractivity contribution >= 4 is 30.7 Å². The third-order valence-electron chi connectivity index (χ3n) is 1.53. The van der Waals surface area contributed by atoms with E-state index in [9.17, 15) is 4.79 Å². The Morgan fingerprint density at radius 2 is 2.38 bits per heavy atom. The summed E-state index contributed by atoms with van der Waals surface area (Å²) in [5.74, 6) is 0.391. The fourth-order valence-electron chi connectivity index (χ4n) is 0.961. The number of rotatable bonds is 4. The Morgan fingerprint density at radius 3 is 2.92 bits per heavy atom. The van der Waals surface area contributed by atoms with Crippen LogP contribution < -0.4 is 5.32 Å². The van der Waals surface area contributed by atoms with Gasteiger partial charge in [-0.15, -0.1) is 0 Å². The van der Waals surface area contributed by atoms with Gasteiger partial charge in [-0.3, -0.25) is 9.79 Å². The molecule has 0 aliphatic heterocycles. The second-order valence-corrected chi connectivity index (χ2v) is 2.22. The number of carbonyl (C=O) groups is 1.